The van der Waals surface area contributed by atoms with Crippen molar-refractivity contribution in [3.63, 3.8) is 0 Å². The molecular formula is C8H15N4OS+. The van der Waals surface area contributed by atoms with Gasteiger partial charge >= 0.3 is 0 Å². The zero-order chi connectivity index (χ0) is 10.4. The summed E-state index contributed by atoms with van der Waals surface area (Å²) in [6.45, 7) is 4.64. The van der Waals surface area contributed by atoms with Gasteiger partial charge in [0.05, 0.1) is 19.1 Å². The minimum atomic E-state index is 0.359. The van der Waals surface area contributed by atoms with Crippen molar-refractivity contribution in [2.24, 2.45) is 0 Å². The Morgan fingerprint density at radius 2 is 2.36 bits per heavy atom. The van der Waals surface area contributed by atoms with Crippen LogP contribution in [0.25, 0.3) is 6.08 Å². The molecule has 0 radical (unpaired) electrons. The van der Waals surface area contributed by atoms with E-state index in [2.05, 4.69) is 34.5 Å². The summed E-state index contributed by atoms with van der Waals surface area (Å²) in [6, 6.07) is 0. The Hall–Kier alpha value is -0.880. The molecule has 1 aromatic rings. The average molecular weight is 215 g/mol. The fourth-order valence-corrected chi connectivity index (χ4v) is 1.22. The lowest BCUT2D eigenvalue weighted by Crippen LogP contribution is -2.13. The van der Waals surface area contributed by atoms with Crippen molar-refractivity contribution < 1.29 is 4.74 Å². The van der Waals surface area contributed by atoms with Crippen LogP contribution in [0.15, 0.2) is 6.58 Å². The maximum atomic E-state index is 5.36. The number of rotatable bonds is 6. The lowest BCUT2D eigenvalue weighted by atomic mass is 10.6. The molecule has 1 aromatic heterocycles. The SMILES string of the molecule is C=Cc1nnn(COCC[S+](C)C)n1. The summed E-state index contributed by atoms with van der Waals surface area (Å²) in [5.74, 6) is 1.60. The van der Waals surface area contributed by atoms with Gasteiger partial charge in [0, 0.05) is 0 Å². The summed E-state index contributed by atoms with van der Waals surface area (Å²) in [5.41, 5.74) is 0. The van der Waals surface area contributed by atoms with Crippen LogP contribution in [0.5, 0.6) is 0 Å². The number of ether oxygens (including phenoxy) is 1. The minimum absolute atomic E-state index is 0.359. The van der Waals surface area contributed by atoms with E-state index in [0.29, 0.717) is 23.5 Å². The van der Waals surface area contributed by atoms with Crippen molar-refractivity contribution in [1.82, 2.24) is 20.2 Å². The first kappa shape index (κ1) is 11.2. The molecule has 0 amide bonds. The van der Waals surface area contributed by atoms with Crippen LogP contribution in [0, 0.1) is 0 Å². The van der Waals surface area contributed by atoms with E-state index < -0.39 is 0 Å². The number of nitrogens with zero attached hydrogens (tertiary/aromatic N) is 4. The molecule has 78 valence electrons. The second-order valence-electron chi connectivity index (χ2n) is 2.95. The summed E-state index contributed by atoms with van der Waals surface area (Å²) in [5, 5.41) is 11.5. The van der Waals surface area contributed by atoms with Crippen molar-refractivity contribution in [3.05, 3.63) is 12.4 Å². The Labute approximate surface area is 86.5 Å². The third kappa shape index (κ3) is 3.89. The van der Waals surface area contributed by atoms with Crippen LogP contribution in [0.3, 0.4) is 0 Å². The molecule has 0 bridgehead atoms. The van der Waals surface area contributed by atoms with E-state index in [9.17, 15) is 0 Å². The van der Waals surface area contributed by atoms with Crippen LogP contribution >= 0.6 is 0 Å². The van der Waals surface area contributed by atoms with Gasteiger partial charge in [-0.3, -0.25) is 0 Å². The quantitative estimate of drug-likeness (QED) is 0.501. The zero-order valence-electron chi connectivity index (χ0n) is 8.51. The van der Waals surface area contributed by atoms with Gasteiger partial charge < -0.3 is 4.74 Å². The molecule has 0 aliphatic heterocycles. The summed E-state index contributed by atoms with van der Waals surface area (Å²) in [6.07, 6.45) is 5.93. The van der Waals surface area contributed by atoms with E-state index in [4.69, 9.17) is 4.74 Å². The standard InChI is InChI=1S/C8H15N4OS/c1-4-8-9-11-12(10-8)7-13-5-6-14(2)3/h4H,1,5-7H2,2-3H3/q+1. The van der Waals surface area contributed by atoms with Crippen LogP contribution < -0.4 is 0 Å². The molecule has 0 aliphatic rings. The van der Waals surface area contributed by atoms with Crippen LogP contribution in [0.4, 0.5) is 0 Å². The predicted octanol–water partition coefficient (Wildman–Crippen LogP) is 0.168. The number of hydrogen-bond acceptors (Lipinski definition) is 4. The molecule has 6 heteroatoms. The van der Waals surface area contributed by atoms with Crippen LogP contribution in [0.2, 0.25) is 0 Å². The molecule has 5 nitrogen and oxygen atoms in total. The maximum absolute atomic E-state index is 5.36. The molecule has 0 saturated heterocycles. The molecule has 0 N–H and O–H groups in total. The highest BCUT2D eigenvalue weighted by Gasteiger charge is 2.02. The first-order valence-electron chi connectivity index (χ1n) is 4.24. The molecule has 0 atom stereocenters. The molecule has 1 rings (SSSR count). The van der Waals surface area contributed by atoms with Gasteiger partial charge in [-0.15, -0.1) is 15.0 Å². The fourth-order valence-electron chi connectivity index (χ4n) is 0.764. The highest BCUT2D eigenvalue weighted by molar-refractivity contribution is 7.95. The lowest BCUT2D eigenvalue weighted by molar-refractivity contribution is 0.0695. The number of tetrazole rings is 1. The Kier molecular flexibility index (Phi) is 4.61. The Morgan fingerprint density at radius 3 is 2.93 bits per heavy atom. The summed E-state index contributed by atoms with van der Waals surface area (Å²) < 4.78 is 5.36. The highest BCUT2D eigenvalue weighted by Crippen LogP contribution is 1.89. The van der Waals surface area contributed by atoms with Gasteiger partial charge in [0.2, 0.25) is 0 Å². The Balaban J connectivity index is 2.21. The van der Waals surface area contributed by atoms with Gasteiger partial charge in [0.1, 0.15) is 5.75 Å². The monoisotopic (exact) mass is 215 g/mol. The summed E-state index contributed by atoms with van der Waals surface area (Å²) in [7, 11) is 0.423. The predicted molar refractivity (Wildman–Crippen MR) is 57.9 cm³/mol. The third-order valence-corrected chi connectivity index (χ3v) is 2.48. The third-order valence-electron chi connectivity index (χ3n) is 1.49. The summed E-state index contributed by atoms with van der Waals surface area (Å²) in [4.78, 5) is 1.42. The maximum Gasteiger partial charge on any atom is 0.197 e. The van der Waals surface area contributed by atoms with E-state index >= 15 is 0 Å². The van der Waals surface area contributed by atoms with Crippen molar-refractivity contribution >= 4 is 17.0 Å². The van der Waals surface area contributed by atoms with Gasteiger partial charge in [-0.25, -0.2) is 0 Å². The molecule has 0 aromatic carbocycles. The molecule has 0 spiro atoms. The first-order chi connectivity index (χ1) is 6.72. The van der Waals surface area contributed by atoms with E-state index in [0.717, 1.165) is 12.4 Å². The molecule has 14 heavy (non-hydrogen) atoms. The molecule has 1 heterocycles. The van der Waals surface area contributed by atoms with E-state index in [1.165, 1.54) is 4.80 Å². The van der Waals surface area contributed by atoms with Gasteiger partial charge in [0.25, 0.3) is 0 Å². The zero-order valence-corrected chi connectivity index (χ0v) is 9.33. The van der Waals surface area contributed by atoms with Crippen molar-refractivity contribution in [2.45, 2.75) is 6.73 Å². The van der Waals surface area contributed by atoms with Gasteiger partial charge in [-0.05, 0) is 22.2 Å². The molecule has 0 saturated carbocycles. The topological polar surface area (TPSA) is 52.8 Å². The van der Waals surface area contributed by atoms with E-state index in [-0.39, 0.29) is 0 Å². The van der Waals surface area contributed by atoms with Crippen LogP contribution in [0.1, 0.15) is 5.82 Å². The largest absolute Gasteiger partial charge is 0.352 e. The van der Waals surface area contributed by atoms with Crippen molar-refractivity contribution in [3.8, 4) is 0 Å². The highest BCUT2D eigenvalue weighted by atomic mass is 32.2. The Bertz CT molecular complexity index is 287. The Morgan fingerprint density at radius 1 is 1.57 bits per heavy atom. The first-order valence-corrected chi connectivity index (χ1v) is 6.45. The normalized spacial score (nSPS) is 10.8. The number of hydrogen-bond donors (Lipinski definition) is 0. The number of aromatic nitrogens is 4. The van der Waals surface area contributed by atoms with Gasteiger partial charge in [-0.1, -0.05) is 6.58 Å². The molecule has 0 unspecified atom stereocenters. The summed E-state index contributed by atoms with van der Waals surface area (Å²) >= 11 is 0. The second-order valence-corrected chi connectivity index (χ2v) is 5.33. The second kappa shape index (κ2) is 5.77. The van der Waals surface area contributed by atoms with Crippen LogP contribution in [-0.2, 0) is 22.4 Å². The lowest BCUT2D eigenvalue weighted by Gasteiger charge is -2.00. The van der Waals surface area contributed by atoms with E-state index in [1.54, 1.807) is 6.08 Å². The minimum Gasteiger partial charge on any atom is -0.352 e. The molecular weight excluding hydrogens is 200 g/mol. The average Bonchev–Trinajstić information content (AvgIpc) is 2.60. The molecule has 0 aliphatic carbocycles. The fraction of sp³-hybridized carbons (Fsp3) is 0.625. The van der Waals surface area contributed by atoms with Gasteiger partial charge in [-0.2, -0.15) is 0 Å². The van der Waals surface area contributed by atoms with Crippen LogP contribution in [-0.4, -0.2) is 45.1 Å². The van der Waals surface area contributed by atoms with E-state index in [1.807, 2.05) is 0 Å². The van der Waals surface area contributed by atoms with Gasteiger partial charge in [0.15, 0.2) is 12.6 Å². The van der Waals surface area contributed by atoms with Crippen molar-refractivity contribution in [2.75, 3.05) is 24.9 Å². The molecule has 0 fully saturated rings. The smallest absolute Gasteiger partial charge is 0.197 e. The van der Waals surface area contributed by atoms with Crippen molar-refractivity contribution in [1.29, 1.82) is 0 Å².